The second kappa shape index (κ2) is 8.98. The summed E-state index contributed by atoms with van der Waals surface area (Å²) in [4.78, 5) is 30.8. The second-order valence-electron chi connectivity index (χ2n) is 2.75. The van der Waals surface area contributed by atoms with Gasteiger partial charge in [0.1, 0.15) is 6.29 Å². The molecule has 1 N–H and O–H groups in total. The maximum Gasteiger partial charge on any atom is 0.508 e. The van der Waals surface area contributed by atoms with Gasteiger partial charge in [-0.25, -0.2) is 4.79 Å². The first-order valence-electron chi connectivity index (χ1n) is 4.61. The molecule has 0 spiro atoms. The van der Waals surface area contributed by atoms with Crippen molar-refractivity contribution in [2.24, 2.45) is 0 Å². The van der Waals surface area contributed by atoms with Crippen LogP contribution in [-0.4, -0.2) is 36.7 Å². The van der Waals surface area contributed by atoms with E-state index in [0.29, 0.717) is 12.8 Å². The van der Waals surface area contributed by atoms with E-state index in [2.05, 4.69) is 9.47 Å². The van der Waals surface area contributed by atoms with Crippen LogP contribution in [0.4, 0.5) is 4.79 Å². The van der Waals surface area contributed by atoms with Gasteiger partial charge in [0.05, 0.1) is 13.2 Å². The van der Waals surface area contributed by atoms with Crippen LogP contribution in [0.25, 0.3) is 0 Å². The number of rotatable bonds is 8. The fraction of sp³-hybridized carbons (Fsp3) is 0.667. The summed E-state index contributed by atoms with van der Waals surface area (Å²) in [5.74, 6) is -0.932. The third-order valence-electron chi connectivity index (χ3n) is 1.44. The largest absolute Gasteiger partial charge is 0.508 e. The first kappa shape index (κ1) is 13.4. The summed E-state index contributed by atoms with van der Waals surface area (Å²) < 4.78 is 9.14. The van der Waals surface area contributed by atoms with Crippen molar-refractivity contribution in [3.63, 3.8) is 0 Å². The van der Waals surface area contributed by atoms with Crippen molar-refractivity contribution in [1.29, 1.82) is 0 Å². The number of hydrogen-bond acceptors (Lipinski definition) is 5. The molecule has 0 bridgehead atoms. The minimum Gasteiger partial charge on any atom is -0.481 e. The van der Waals surface area contributed by atoms with Crippen molar-refractivity contribution in [2.45, 2.75) is 25.7 Å². The summed E-state index contributed by atoms with van der Waals surface area (Å²) in [7, 11) is 0. The van der Waals surface area contributed by atoms with E-state index in [9.17, 15) is 14.4 Å². The normalized spacial score (nSPS) is 9.33. The fourth-order valence-electron chi connectivity index (χ4n) is 0.743. The number of hydrogen-bond donors (Lipinski definition) is 1. The molecule has 6 nitrogen and oxygen atoms in total. The highest BCUT2D eigenvalue weighted by Crippen LogP contribution is 1.94. The maximum absolute atomic E-state index is 10.8. The van der Waals surface area contributed by atoms with Crippen LogP contribution in [0, 0.1) is 0 Å². The van der Waals surface area contributed by atoms with E-state index in [1.165, 1.54) is 0 Å². The summed E-state index contributed by atoms with van der Waals surface area (Å²) in [5.41, 5.74) is 0. The third kappa shape index (κ3) is 10.3. The Labute approximate surface area is 87.2 Å². The van der Waals surface area contributed by atoms with Gasteiger partial charge in [0, 0.05) is 12.8 Å². The van der Waals surface area contributed by atoms with Gasteiger partial charge in [0.15, 0.2) is 0 Å². The lowest BCUT2D eigenvalue weighted by Crippen LogP contribution is -2.10. The van der Waals surface area contributed by atoms with Crippen molar-refractivity contribution in [3.05, 3.63) is 0 Å². The number of aldehydes is 1. The molecule has 0 saturated carbocycles. The van der Waals surface area contributed by atoms with Crippen LogP contribution in [0.2, 0.25) is 0 Å². The number of ether oxygens (including phenoxy) is 2. The van der Waals surface area contributed by atoms with E-state index in [0.717, 1.165) is 6.29 Å². The van der Waals surface area contributed by atoms with Crippen molar-refractivity contribution in [3.8, 4) is 0 Å². The molecule has 6 heteroatoms. The Balaban J connectivity index is 3.25. The van der Waals surface area contributed by atoms with E-state index in [1.54, 1.807) is 0 Å². The Kier molecular flexibility index (Phi) is 8.03. The SMILES string of the molecule is O=CCCCOC(=O)OCCCC(=O)O. The Morgan fingerprint density at radius 2 is 1.73 bits per heavy atom. The van der Waals surface area contributed by atoms with E-state index >= 15 is 0 Å². The summed E-state index contributed by atoms with van der Waals surface area (Å²) in [6, 6.07) is 0. The Bertz CT molecular complexity index is 213. The molecule has 0 rings (SSSR count). The maximum atomic E-state index is 10.8. The second-order valence-corrected chi connectivity index (χ2v) is 2.75. The van der Waals surface area contributed by atoms with E-state index in [4.69, 9.17) is 5.11 Å². The average molecular weight is 218 g/mol. The first-order chi connectivity index (χ1) is 7.16. The topological polar surface area (TPSA) is 89.9 Å². The summed E-state index contributed by atoms with van der Waals surface area (Å²) in [5, 5.41) is 8.27. The highest BCUT2D eigenvalue weighted by atomic mass is 16.7. The highest BCUT2D eigenvalue weighted by Gasteiger charge is 2.03. The molecule has 0 saturated heterocycles. The molecule has 0 aliphatic carbocycles. The number of carbonyl (C=O) groups excluding carboxylic acids is 2. The molecule has 0 radical (unpaired) electrons. The van der Waals surface area contributed by atoms with Crippen LogP contribution in [0.1, 0.15) is 25.7 Å². The number of carbonyl (C=O) groups is 3. The Morgan fingerprint density at radius 3 is 2.27 bits per heavy atom. The van der Waals surface area contributed by atoms with Crippen molar-refractivity contribution < 1.29 is 29.0 Å². The van der Waals surface area contributed by atoms with Gasteiger partial charge in [-0.05, 0) is 12.8 Å². The lowest BCUT2D eigenvalue weighted by molar-refractivity contribution is -0.137. The van der Waals surface area contributed by atoms with E-state index in [1.807, 2.05) is 0 Å². The van der Waals surface area contributed by atoms with Crippen molar-refractivity contribution in [1.82, 2.24) is 0 Å². The van der Waals surface area contributed by atoms with Gasteiger partial charge < -0.3 is 19.4 Å². The Hall–Kier alpha value is -1.59. The minimum atomic E-state index is -0.932. The van der Waals surface area contributed by atoms with Gasteiger partial charge in [0.2, 0.25) is 0 Å². The molecule has 0 aromatic rings. The molecule has 0 fully saturated rings. The van der Waals surface area contributed by atoms with Crippen molar-refractivity contribution >= 4 is 18.4 Å². The molecule has 0 aliphatic rings. The summed E-state index contributed by atoms with van der Waals surface area (Å²) >= 11 is 0. The molecule has 0 atom stereocenters. The summed E-state index contributed by atoms with van der Waals surface area (Å²) in [6.45, 7) is 0.162. The number of unbranched alkanes of at least 4 members (excludes halogenated alkanes) is 1. The van der Waals surface area contributed by atoms with Gasteiger partial charge in [-0.15, -0.1) is 0 Å². The lowest BCUT2D eigenvalue weighted by atomic mass is 10.3. The van der Waals surface area contributed by atoms with Gasteiger partial charge in [-0.1, -0.05) is 0 Å². The number of carboxylic acid groups (broad SMARTS) is 1. The average Bonchev–Trinajstić information content (AvgIpc) is 2.19. The lowest BCUT2D eigenvalue weighted by Gasteiger charge is -2.04. The van der Waals surface area contributed by atoms with Crippen LogP contribution >= 0.6 is 0 Å². The van der Waals surface area contributed by atoms with Crippen LogP contribution in [0.3, 0.4) is 0 Å². The predicted octanol–water partition coefficient (Wildman–Crippen LogP) is 0.984. The van der Waals surface area contributed by atoms with Crippen LogP contribution in [0.15, 0.2) is 0 Å². The first-order valence-corrected chi connectivity index (χ1v) is 4.61. The highest BCUT2D eigenvalue weighted by molar-refractivity contribution is 5.66. The molecular formula is C9H14O6. The molecular weight excluding hydrogens is 204 g/mol. The number of aliphatic carboxylic acids is 1. The molecule has 86 valence electrons. The van der Waals surface area contributed by atoms with Crippen LogP contribution in [-0.2, 0) is 19.1 Å². The number of carboxylic acids is 1. The monoisotopic (exact) mass is 218 g/mol. The van der Waals surface area contributed by atoms with Gasteiger partial charge in [-0.3, -0.25) is 4.79 Å². The fourth-order valence-corrected chi connectivity index (χ4v) is 0.743. The van der Waals surface area contributed by atoms with Crippen LogP contribution < -0.4 is 0 Å². The van der Waals surface area contributed by atoms with Gasteiger partial charge >= 0.3 is 12.1 Å². The van der Waals surface area contributed by atoms with Crippen LogP contribution in [0.5, 0.6) is 0 Å². The van der Waals surface area contributed by atoms with Gasteiger partial charge in [0.25, 0.3) is 0 Å². The zero-order valence-corrected chi connectivity index (χ0v) is 8.31. The van der Waals surface area contributed by atoms with Crippen molar-refractivity contribution in [2.75, 3.05) is 13.2 Å². The molecule has 0 heterocycles. The zero-order chi connectivity index (χ0) is 11.5. The predicted molar refractivity (Wildman–Crippen MR) is 49.5 cm³/mol. The Morgan fingerprint density at radius 1 is 1.13 bits per heavy atom. The van der Waals surface area contributed by atoms with E-state index in [-0.39, 0.29) is 26.1 Å². The van der Waals surface area contributed by atoms with Gasteiger partial charge in [-0.2, -0.15) is 0 Å². The smallest absolute Gasteiger partial charge is 0.481 e. The third-order valence-corrected chi connectivity index (χ3v) is 1.44. The molecule has 0 aromatic carbocycles. The van der Waals surface area contributed by atoms with E-state index < -0.39 is 12.1 Å². The minimum absolute atomic E-state index is 0.0266. The standard InChI is InChI=1S/C9H14O6/c10-5-1-2-6-14-9(13)15-7-3-4-8(11)12/h5H,1-4,6-7H2,(H,11,12). The molecule has 0 aliphatic heterocycles. The molecule has 0 aromatic heterocycles. The summed E-state index contributed by atoms with van der Waals surface area (Å²) in [6.07, 6.45) is 0.935. The zero-order valence-electron chi connectivity index (χ0n) is 8.31. The molecule has 15 heavy (non-hydrogen) atoms. The molecule has 0 amide bonds. The molecule has 0 unspecified atom stereocenters. The quantitative estimate of drug-likeness (QED) is 0.371.